The average Bonchev–Trinajstić information content (AvgIpc) is 2.17. The van der Waals surface area contributed by atoms with Crippen molar-refractivity contribution < 1.29 is 0 Å². The van der Waals surface area contributed by atoms with Crippen LogP contribution in [0.25, 0.3) is 0 Å². The molecule has 0 aromatic heterocycles. The van der Waals surface area contributed by atoms with E-state index in [-0.39, 0.29) is 0 Å². The van der Waals surface area contributed by atoms with Crippen molar-refractivity contribution in [3.8, 4) is 0 Å². The van der Waals surface area contributed by atoms with Crippen LogP contribution in [-0.2, 0) is 0 Å². The number of nitrogens with one attached hydrogen (secondary N) is 1. The number of rotatable bonds is 1. The molecule has 0 saturated heterocycles. The zero-order valence-corrected chi connectivity index (χ0v) is 8.95. The standard InChI is InChI=1S/C11H15NS/c1-8(2)9-4-3-5-10-11(9)13-7-6-12-10/h3-5,8,12H,6-7H2,1-2H3. The molecule has 0 saturated carbocycles. The lowest BCUT2D eigenvalue weighted by atomic mass is 10.0. The highest BCUT2D eigenvalue weighted by molar-refractivity contribution is 7.99. The van der Waals surface area contributed by atoms with Crippen LogP contribution in [0.3, 0.4) is 0 Å². The summed E-state index contributed by atoms with van der Waals surface area (Å²) in [6.07, 6.45) is 0. The second-order valence-electron chi connectivity index (χ2n) is 3.65. The molecule has 70 valence electrons. The number of fused-ring (bicyclic) bond motifs is 1. The van der Waals surface area contributed by atoms with Gasteiger partial charge in [-0.25, -0.2) is 0 Å². The number of hydrogen-bond acceptors (Lipinski definition) is 2. The van der Waals surface area contributed by atoms with Crippen molar-refractivity contribution in [3.05, 3.63) is 23.8 Å². The molecule has 1 aliphatic heterocycles. The van der Waals surface area contributed by atoms with Gasteiger partial charge in [0.25, 0.3) is 0 Å². The molecule has 0 radical (unpaired) electrons. The maximum atomic E-state index is 3.44. The van der Waals surface area contributed by atoms with Gasteiger partial charge in [0, 0.05) is 22.9 Å². The Morgan fingerprint density at radius 3 is 3.00 bits per heavy atom. The van der Waals surface area contributed by atoms with Crippen molar-refractivity contribution in [1.29, 1.82) is 0 Å². The van der Waals surface area contributed by atoms with Gasteiger partial charge in [0.1, 0.15) is 0 Å². The molecular weight excluding hydrogens is 178 g/mol. The summed E-state index contributed by atoms with van der Waals surface area (Å²) in [7, 11) is 0. The van der Waals surface area contributed by atoms with Gasteiger partial charge < -0.3 is 5.32 Å². The molecule has 13 heavy (non-hydrogen) atoms. The predicted molar refractivity (Wildman–Crippen MR) is 59.7 cm³/mol. The number of thioether (sulfide) groups is 1. The highest BCUT2D eigenvalue weighted by atomic mass is 32.2. The molecule has 0 unspecified atom stereocenters. The van der Waals surface area contributed by atoms with Gasteiger partial charge in [-0.05, 0) is 17.5 Å². The summed E-state index contributed by atoms with van der Waals surface area (Å²) < 4.78 is 0. The Labute approximate surface area is 83.9 Å². The molecule has 2 rings (SSSR count). The van der Waals surface area contributed by atoms with Crippen LogP contribution >= 0.6 is 11.8 Å². The first kappa shape index (κ1) is 8.95. The van der Waals surface area contributed by atoms with E-state index < -0.39 is 0 Å². The minimum atomic E-state index is 0.627. The molecule has 0 bridgehead atoms. The summed E-state index contributed by atoms with van der Waals surface area (Å²) in [5.74, 6) is 1.82. The van der Waals surface area contributed by atoms with E-state index in [1.54, 1.807) is 0 Å². The van der Waals surface area contributed by atoms with Crippen LogP contribution in [0.15, 0.2) is 23.1 Å². The Bertz CT molecular complexity index is 307. The lowest BCUT2D eigenvalue weighted by Gasteiger charge is -2.21. The fourth-order valence-electron chi connectivity index (χ4n) is 1.65. The maximum absolute atomic E-state index is 3.44. The fraction of sp³-hybridized carbons (Fsp3) is 0.455. The van der Waals surface area contributed by atoms with Crippen LogP contribution in [0.1, 0.15) is 25.3 Å². The van der Waals surface area contributed by atoms with Crippen LogP contribution in [0.4, 0.5) is 5.69 Å². The Balaban J connectivity index is 2.46. The van der Waals surface area contributed by atoms with Crippen LogP contribution in [-0.4, -0.2) is 12.3 Å². The molecule has 0 fully saturated rings. The first-order valence-electron chi connectivity index (χ1n) is 4.78. The zero-order valence-electron chi connectivity index (χ0n) is 8.13. The second-order valence-corrected chi connectivity index (χ2v) is 4.76. The van der Waals surface area contributed by atoms with Gasteiger partial charge in [0.15, 0.2) is 0 Å². The predicted octanol–water partition coefficient (Wildman–Crippen LogP) is 3.33. The highest BCUT2D eigenvalue weighted by Gasteiger charge is 2.14. The molecule has 1 nitrogen and oxygen atoms in total. The van der Waals surface area contributed by atoms with Crippen molar-refractivity contribution >= 4 is 17.4 Å². The fourth-order valence-corrected chi connectivity index (χ4v) is 2.82. The molecule has 1 aromatic carbocycles. The average molecular weight is 193 g/mol. The van der Waals surface area contributed by atoms with Crippen molar-refractivity contribution in [2.24, 2.45) is 0 Å². The molecule has 1 N–H and O–H groups in total. The summed E-state index contributed by atoms with van der Waals surface area (Å²) in [4.78, 5) is 1.46. The van der Waals surface area contributed by atoms with Crippen LogP contribution in [0.2, 0.25) is 0 Å². The molecule has 1 heterocycles. The largest absolute Gasteiger partial charge is 0.383 e. The Hall–Kier alpha value is -0.630. The minimum absolute atomic E-state index is 0.627. The van der Waals surface area contributed by atoms with E-state index in [2.05, 4.69) is 37.4 Å². The summed E-state index contributed by atoms with van der Waals surface area (Å²) >= 11 is 1.98. The highest BCUT2D eigenvalue weighted by Crippen LogP contribution is 2.36. The first-order chi connectivity index (χ1) is 6.29. The van der Waals surface area contributed by atoms with E-state index in [9.17, 15) is 0 Å². The Morgan fingerprint density at radius 2 is 2.23 bits per heavy atom. The quantitative estimate of drug-likeness (QED) is 0.734. The van der Waals surface area contributed by atoms with Crippen molar-refractivity contribution in [3.63, 3.8) is 0 Å². The van der Waals surface area contributed by atoms with Gasteiger partial charge in [-0.15, -0.1) is 11.8 Å². The molecule has 1 aliphatic rings. The van der Waals surface area contributed by atoms with Crippen molar-refractivity contribution in [1.82, 2.24) is 0 Å². The molecule has 2 heteroatoms. The molecule has 1 aromatic rings. The van der Waals surface area contributed by atoms with Gasteiger partial charge in [-0.3, -0.25) is 0 Å². The maximum Gasteiger partial charge on any atom is 0.0481 e. The second kappa shape index (κ2) is 3.62. The zero-order chi connectivity index (χ0) is 9.26. The van der Waals surface area contributed by atoms with Gasteiger partial charge in [-0.2, -0.15) is 0 Å². The van der Waals surface area contributed by atoms with Crippen molar-refractivity contribution in [2.75, 3.05) is 17.6 Å². The van der Waals surface area contributed by atoms with Gasteiger partial charge in [0.05, 0.1) is 0 Å². The van der Waals surface area contributed by atoms with E-state index in [0.29, 0.717) is 5.92 Å². The topological polar surface area (TPSA) is 12.0 Å². The molecular formula is C11H15NS. The third-order valence-corrected chi connectivity index (χ3v) is 3.48. The Morgan fingerprint density at radius 1 is 1.38 bits per heavy atom. The number of hydrogen-bond donors (Lipinski definition) is 1. The van der Waals surface area contributed by atoms with Gasteiger partial charge in [-0.1, -0.05) is 26.0 Å². The van der Waals surface area contributed by atoms with Crippen LogP contribution in [0, 0.1) is 0 Å². The van der Waals surface area contributed by atoms with E-state index in [4.69, 9.17) is 0 Å². The van der Waals surface area contributed by atoms with E-state index >= 15 is 0 Å². The third-order valence-electron chi connectivity index (χ3n) is 2.33. The van der Waals surface area contributed by atoms with Crippen LogP contribution in [0.5, 0.6) is 0 Å². The normalized spacial score (nSPS) is 15.3. The molecule has 0 aliphatic carbocycles. The summed E-state index contributed by atoms with van der Waals surface area (Å²) in [6.45, 7) is 5.61. The summed E-state index contributed by atoms with van der Waals surface area (Å²) in [6, 6.07) is 6.56. The lowest BCUT2D eigenvalue weighted by Crippen LogP contribution is -2.11. The van der Waals surface area contributed by atoms with E-state index in [1.807, 2.05) is 11.8 Å². The number of benzene rings is 1. The van der Waals surface area contributed by atoms with E-state index in [0.717, 1.165) is 6.54 Å². The van der Waals surface area contributed by atoms with E-state index in [1.165, 1.54) is 21.9 Å². The SMILES string of the molecule is CC(C)c1cccc2c1SCCN2. The summed E-state index contributed by atoms with van der Waals surface area (Å²) in [5, 5.41) is 3.44. The molecule has 0 spiro atoms. The molecule has 0 amide bonds. The summed E-state index contributed by atoms with van der Waals surface area (Å²) in [5.41, 5.74) is 2.80. The monoisotopic (exact) mass is 193 g/mol. The lowest BCUT2D eigenvalue weighted by molar-refractivity contribution is 0.840. The Kier molecular flexibility index (Phi) is 2.49. The smallest absolute Gasteiger partial charge is 0.0481 e. The third kappa shape index (κ3) is 1.68. The number of anilines is 1. The van der Waals surface area contributed by atoms with Gasteiger partial charge in [0.2, 0.25) is 0 Å². The minimum Gasteiger partial charge on any atom is -0.383 e. The first-order valence-corrected chi connectivity index (χ1v) is 5.77. The molecule has 0 atom stereocenters. The van der Waals surface area contributed by atoms with Crippen LogP contribution < -0.4 is 5.32 Å². The van der Waals surface area contributed by atoms with Crippen molar-refractivity contribution in [2.45, 2.75) is 24.7 Å². The van der Waals surface area contributed by atoms with Gasteiger partial charge >= 0.3 is 0 Å².